The first-order valence-corrected chi connectivity index (χ1v) is 9.24. The molecule has 4 fully saturated rings. The zero-order valence-electron chi connectivity index (χ0n) is 14.5. The summed E-state index contributed by atoms with van der Waals surface area (Å²) in [4.78, 5) is 50.3. The summed E-state index contributed by atoms with van der Waals surface area (Å²) in [5.74, 6) is -3.21. The number of halogens is 1. The van der Waals surface area contributed by atoms with Crippen LogP contribution in [-0.4, -0.2) is 46.7 Å². The number of rotatable bonds is 2. The van der Waals surface area contributed by atoms with Gasteiger partial charge in [-0.25, -0.2) is 4.39 Å². The van der Waals surface area contributed by atoms with Crippen molar-refractivity contribution in [1.29, 1.82) is 0 Å². The van der Waals surface area contributed by atoms with Gasteiger partial charge in [-0.15, -0.1) is 0 Å². The second-order valence-electron chi connectivity index (χ2n) is 7.80. The zero-order chi connectivity index (χ0) is 18.9. The lowest BCUT2D eigenvalue weighted by Crippen LogP contribution is -2.57. The van der Waals surface area contributed by atoms with E-state index in [0.29, 0.717) is 17.6 Å². The van der Waals surface area contributed by atoms with Gasteiger partial charge in [-0.2, -0.15) is 0 Å². The van der Waals surface area contributed by atoms with Crippen molar-refractivity contribution in [2.24, 2.45) is 0 Å². The quantitative estimate of drug-likeness (QED) is 0.751. The summed E-state index contributed by atoms with van der Waals surface area (Å²) in [5, 5.41) is 5.58. The molecular formula is C19H18FN3O4. The number of benzene rings is 1. The fourth-order valence-corrected chi connectivity index (χ4v) is 4.94. The monoisotopic (exact) mass is 371 g/mol. The molecule has 3 saturated heterocycles. The molecule has 8 heteroatoms. The van der Waals surface area contributed by atoms with Crippen LogP contribution in [0.2, 0.25) is 0 Å². The number of carbonyl (C=O) groups excluding carboxylic acids is 4. The highest BCUT2D eigenvalue weighted by Crippen LogP contribution is 2.43. The van der Waals surface area contributed by atoms with E-state index >= 15 is 0 Å². The molecule has 3 atom stereocenters. The van der Waals surface area contributed by atoms with Crippen molar-refractivity contribution in [2.75, 3.05) is 0 Å². The number of nitrogens with one attached hydrogen (secondary N) is 2. The third-order valence-corrected chi connectivity index (χ3v) is 6.19. The van der Waals surface area contributed by atoms with Crippen LogP contribution in [0.25, 0.3) is 0 Å². The highest BCUT2D eigenvalue weighted by atomic mass is 19.1. The number of piperidine rings is 2. The lowest BCUT2D eigenvalue weighted by atomic mass is 9.72. The number of amides is 4. The SMILES string of the molecule is O=C1CCC(N2C(=O)c3c(F)ccc(C4CC5CC(C4)N5)c3C2=O)C(=O)N1. The molecule has 6 rings (SSSR count). The van der Waals surface area contributed by atoms with Crippen molar-refractivity contribution in [3.8, 4) is 0 Å². The normalized spacial score (nSPS) is 32.3. The van der Waals surface area contributed by atoms with Crippen LogP contribution in [0.3, 0.4) is 0 Å². The van der Waals surface area contributed by atoms with Crippen LogP contribution in [0, 0.1) is 5.82 Å². The van der Waals surface area contributed by atoms with E-state index in [9.17, 15) is 23.6 Å². The van der Waals surface area contributed by atoms with Crippen LogP contribution in [0.15, 0.2) is 12.1 Å². The average molecular weight is 371 g/mol. The molecule has 1 saturated carbocycles. The van der Waals surface area contributed by atoms with E-state index in [1.54, 1.807) is 6.07 Å². The summed E-state index contributed by atoms with van der Waals surface area (Å²) in [7, 11) is 0. The highest BCUT2D eigenvalue weighted by Gasteiger charge is 2.48. The molecule has 140 valence electrons. The molecule has 27 heavy (non-hydrogen) atoms. The molecule has 4 heterocycles. The van der Waals surface area contributed by atoms with Gasteiger partial charge in [0.05, 0.1) is 11.1 Å². The Morgan fingerprint density at radius 1 is 0.963 bits per heavy atom. The first kappa shape index (κ1) is 16.6. The molecule has 4 amide bonds. The van der Waals surface area contributed by atoms with Gasteiger partial charge in [-0.1, -0.05) is 6.07 Å². The smallest absolute Gasteiger partial charge is 0.265 e. The second-order valence-corrected chi connectivity index (χ2v) is 7.80. The Morgan fingerprint density at radius 2 is 1.63 bits per heavy atom. The Hall–Kier alpha value is -2.61. The van der Waals surface area contributed by atoms with E-state index in [1.165, 1.54) is 6.07 Å². The molecule has 4 aliphatic heterocycles. The molecule has 1 aromatic carbocycles. The first-order chi connectivity index (χ1) is 12.9. The van der Waals surface area contributed by atoms with E-state index in [0.717, 1.165) is 24.2 Å². The minimum absolute atomic E-state index is 0.0385. The van der Waals surface area contributed by atoms with E-state index in [2.05, 4.69) is 10.6 Å². The summed E-state index contributed by atoms with van der Waals surface area (Å²) < 4.78 is 14.5. The van der Waals surface area contributed by atoms with E-state index < -0.39 is 35.5 Å². The molecular weight excluding hydrogens is 353 g/mol. The number of fused-ring (bicyclic) bond motifs is 3. The van der Waals surface area contributed by atoms with Gasteiger partial charge >= 0.3 is 0 Å². The Balaban J connectivity index is 1.54. The minimum Gasteiger partial charge on any atom is -0.311 e. The van der Waals surface area contributed by atoms with E-state index in [-0.39, 0.29) is 29.9 Å². The lowest BCUT2D eigenvalue weighted by molar-refractivity contribution is -0.136. The maximum absolute atomic E-state index is 14.5. The van der Waals surface area contributed by atoms with Crippen molar-refractivity contribution in [3.63, 3.8) is 0 Å². The molecule has 0 aromatic heterocycles. The van der Waals surface area contributed by atoms with Gasteiger partial charge in [0.2, 0.25) is 11.8 Å². The predicted octanol–water partition coefficient (Wildman–Crippen LogP) is 0.835. The van der Waals surface area contributed by atoms with Crippen molar-refractivity contribution in [3.05, 3.63) is 34.6 Å². The van der Waals surface area contributed by atoms with Gasteiger partial charge < -0.3 is 5.32 Å². The summed E-state index contributed by atoms with van der Waals surface area (Å²) in [6.07, 6.45) is 2.89. The van der Waals surface area contributed by atoms with E-state index in [4.69, 9.17) is 0 Å². The van der Waals surface area contributed by atoms with Crippen molar-refractivity contribution >= 4 is 23.6 Å². The molecule has 5 aliphatic rings. The van der Waals surface area contributed by atoms with Gasteiger partial charge in [0.25, 0.3) is 11.8 Å². The highest BCUT2D eigenvalue weighted by molar-refractivity contribution is 6.24. The summed E-state index contributed by atoms with van der Waals surface area (Å²) in [6, 6.07) is 2.55. The third-order valence-electron chi connectivity index (χ3n) is 6.19. The van der Waals surface area contributed by atoms with Crippen LogP contribution in [-0.2, 0) is 9.59 Å². The van der Waals surface area contributed by atoms with Crippen molar-refractivity contribution in [1.82, 2.24) is 15.5 Å². The van der Waals surface area contributed by atoms with E-state index in [1.807, 2.05) is 0 Å². The topological polar surface area (TPSA) is 95.6 Å². The van der Waals surface area contributed by atoms with Crippen molar-refractivity contribution < 1.29 is 23.6 Å². The molecule has 1 aliphatic carbocycles. The van der Waals surface area contributed by atoms with Crippen LogP contribution < -0.4 is 10.6 Å². The Kier molecular flexibility index (Phi) is 3.49. The lowest BCUT2D eigenvalue weighted by Gasteiger charge is -2.47. The maximum atomic E-state index is 14.5. The number of hydrogen-bond donors (Lipinski definition) is 2. The van der Waals surface area contributed by atoms with Crippen LogP contribution in [0.1, 0.15) is 64.3 Å². The number of nitrogens with zero attached hydrogens (tertiary/aromatic N) is 1. The standard InChI is InChI=1S/C19H18FN3O4/c20-12-2-1-11(8-5-9-7-10(6-8)21-9)15-16(12)19(27)23(18(15)26)13-3-4-14(24)22-17(13)25/h1-2,8-10,13,21H,3-7H2,(H,22,24,25). The number of carbonyl (C=O) groups is 4. The minimum atomic E-state index is -1.08. The van der Waals surface area contributed by atoms with Crippen molar-refractivity contribution in [2.45, 2.75) is 56.1 Å². The maximum Gasteiger partial charge on any atom is 0.265 e. The molecule has 7 nitrogen and oxygen atoms in total. The van der Waals surface area contributed by atoms with Gasteiger partial charge in [0, 0.05) is 18.5 Å². The van der Waals surface area contributed by atoms with Gasteiger partial charge in [-0.05, 0) is 43.2 Å². The van der Waals surface area contributed by atoms with Crippen LogP contribution in [0.5, 0.6) is 0 Å². The fourth-order valence-electron chi connectivity index (χ4n) is 4.94. The molecule has 0 spiro atoms. The molecule has 3 unspecified atom stereocenters. The Morgan fingerprint density at radius 3 is 2.30 bits per heavy atom. The summed E-state index contributed by atoms with van der Waals surface area (Å²) in [5.41, 5.74) is 0.543. The number of imide groups is 2. The van der Waals surface area contributed by atoms with Gasteiger partial charge in [-0.3, -0.25) is 29.4 Å². The zero-order valence-corrected chi connectivity index (χ0v) is 14.5. The van der Waals surface area contributed by atoms with Crippen LogP contribution in [0.4, 0.5) is 4.39 Å². The van der Waals surface area contributed by atoms with Gasteiger partial charge in [0.15, 0.2) is 0 Å². The first-order valence-electron chi connectivity index (χ1n) is 9.24. The molecule has 2 bridgehead atoms. The summed E-state index contributed by atoms with van der Waals surface area (Å²) in [6.45, 7) is 0. The molecule has 0 radical (unpaired) electrons. The largest absolute Gasteiger partial charge is 0.311 e. The Bertz CT molecular complexity index is 898. The number of hydrogen-bond acceptors (Lipinski definition) is 5. The van der Waals surface area contributed by atoms with Gasteiger partial charge in [0.1, 0.15) is 11.9 Å². The second kappa shape index (κ2) is 5.69. The van der Waals surface area contributed by atoms with Crippen LogP contribution >= 0.6 is 0 Å². The summed E-state index contributed by atoms with van der Waals surface area (Å²) >= 11 is 0. The third kappa shape index (κ3) is 2.36. The Labute approximate surface area is 154 Å². The predicted molar refractivity (Wildman–Crippen MR) is 90.4 cm³/mol. The molecule has 1 aromatic rings. The average Bonchev–Trinajstić information content (AvgIpc) is 2.87. The fraction of sp³-hybridized carbons (Fsp3) is 0.474. The molecule has 2 N–H and O–H groups in total.